The highest BCUT2D eigenvalue weighted by Gasteiger charge is 2.42. The first-order chi connectivity index (χ1) is 15.3. The van der Waals surface area contributed by atoms with Crippen LogP contribution in [0.4, 0.5) is 39.5 Å². The molecule has 3 nitrogen and oxygen atoms in total. The molecule has 0 unspecified atom stereocenters. The van der Waals surface area contributed by atoms with Gasteiger partial charge in [-0.15, -0.1) is 0 Å². The van der Waals surface area contributed by atoms with Crippen LogP contribution >= 0.6 is 0 Å². The number of alkyl halides is 5. The second-order valence-electron chi connectivity index (χ2n) is 6.99. The van der Waals surface area contributed by atoms with Gasteiger partial charge in [-0.3, -0.25) is 0 Å². The number of ether oxygens (including phenoxy) is 3. The van der Waals surface area contributed by atoms with Crippen LogP contribution in [0.15, 0.2) is 36.4 Å². The molecular formula is C21H15F9O3. The molecule has 0 bridgehead atoms. The van der Waals surface area contributed by atoms with Gasteiger partial charge in [-0.2, -0.15) is 22.0 Å². The molecule has 12 heteroatoms. The van der Waals surface area contributed by atoms with Gasteiger partial charge in [0.05, 0.1) is 13.2 Å². The molecule has 33 heavy (non-hydrogen) atoms. The van der Waals surface area contributed by atoms with Gasteiger partial charge >= 0.3 is 12.3 Å². The Morgan fingerprint density at radius 3 is 2.00 bits per heavy atom. The maximum absolute atomic E-state index is 14.5. The predicted octanol–water partition coefficient (Wildman–Crippen LogP) is 6.63. The second-order valence-corrected chi connectivity index (χ2v) is 6.99. The van der Waals surface area contributed by atoms with E-state index in [-0.39, 0.29) is 31.3 Å². The van der Waals surface area contributed by atoms with Gasteiger partial charge in [-0.25, -0.2) is 17.6 Å². The van der Waals surface area contributed by atoms with Crippen LogP contribution in [0.5, 0.6) is 5.75 Å². The van der Waals surface area contributed by atoms with Crippen LogP contribution in [0, 0.1) is 29.2 Å². The van der Waals surface area contributed by atoms with Crippen molar-refractivity contribution in [1.29, 1.82) is 0 Å². The number of benzene rings is 2. The summed E-state index contributed by atoms with van der Waals surface area (Å²) in [5, 5.41) is 0. The minimum Gasteiger partial charge on any atom is -0.429 e. The van der Waals surface area contributed by atoms with Crippen LogP contribution < -0.4 is 4.74 Å². The third kappa shape index (κ3) is 5.27. The van der Waals surface area contributed by atoms with Crippen LogP contribution in [0.3, 0.4) is 0 Å². The normalized spacial score (nSPS) is 19.8. The van der Waals surface area contributed by atoms with Gasteiger partial charge in [-0.05, 0) is 13.0 Å². The van der Waals surface area contributed by atoms with Crippen molar-refractivity contribution in [3.05, 3.63) is 76.4 Å². The van der Waals surface area contributed by atoms with Crippen molar-refractivity contribution in [2.24, 2.45) is 5.92 Å². The van der Waals surface area contributed by atoms with Crippen LogP contribution in [0.2, 0.25) is 0 Å². The molecule has 0 radical (unpaired) electrons. The fraction of sp³-hybridized carbons (Fsp3) is 0.333. The zero-order valence-corrected chi connectivity index (χ0v) is 16.7. The molecule has 1 heterocycles. The van der Waals surface area contributed by atoms with Gasteiger partial charge in [0, 0.05) is 23.6 Å². The summed E-state index contributed by atoms with van der Waals surface area (Å²) in [6, 6.07) is 0.898. The Balaban J connectivity index is 1.85. The Morgan fingerprint density at radius 2 is 1.48 bits per heavy atom. The van der Waals surface area contributed by atoms with Crippen LogP contribution in [-0.4, -0.2) is 13.2 Å². The van der Waals surface area contributed by atoms with E-state index in [4.69, 9.17) is 9.47 Å². The molecule has 0 aliphatic carbocycles. The van der Waals surface area contributed by atoms with Gasteiger partial charge in [0.1, 0.15) is 28.5 Å². The predicted molar refractivity (Wildman–Crippen MR) is 95.2 cm³/mol. The van der Waals surface area contributed by atoms with Crippen molar-refractivity contribution < 1.29 is 53.7 Å². The second kappa shape index (κ2) is 9.26. The zero-order valence-electron chi connectivity index (χ0n) is 16.7. The highest BCUT2D eigenvalue weighted by Crippen LogP contribution is 2.40. The maximum Gasteiger partial charge on any atom is 0.429 e. The lowest BCUT2D eigenvalue weighted by Crippen LogP contribution is -2.28. The summed E-state index contributed by atoms with van der Waals surface area (Å²) >= 11 is 0. The van der Waals surface area contributed by atoms with Crippen LogP contribution in [0.25, 0.3) is 0 Å². The highest BCUT2D eigenvalue weighted by atomic mass is 19.4. The first-order valence-corrected chi connectivity index (χ1v) is 9.32. The average molecular weight is 486 g/mol. The van der Waals surface area contributed by atoms with E-state index in [1.807, 2.05) is 0 Å². The molecule has 0 atom stereocenters. The minimum absolute atomic E-state index is 0.0993. The van der Waals surface area contributed by atoms with Gasteiger partial charge < -0.3 is 14.2 Å². The number of hydrogen-bond donors (Lipinski definition) is 0. The maximum atomic E-state index is 14.5. The van der Waals surface area contributed by atoms with Crippen molar-refractivity contribution in [1.82, 2.24) is 0 Å². The lowest BCUT2D eigenvalue weighted by molar-refractivity contribution is -0.199. The summed E-state index contributed by atoms with van der Waals surface area (Å²) in [5.74, 6) is -9.76. The molecule has 2 aromatic rings. The SMILES string of the molecule is C/C=C/C1COC(c2ccc(C(F)(F)Oc3cc(F)c(C(F)(F)F)c(F)c3)c(F)c2F)OC1. The van der Waals surface area contributed by atoms with Crippen molar-refractivity contribution in [3.8, 4) is 5.75 Å². The van der Waals surface area contributed by atoms with E-state index in [0.29, 0.717) is 6.07 Å². The Kier molecular flexibility index (Phi) is 6.99. The summed E-state index contributed by atoms with van der Waals surface area (Å²) in [5.41, 5.74) is -4.49. The van der Waals surface area contributed by atoms with E-state index < -0.39 is 64.3 Å². The summed E-state index contributed by atoms with van der Waals surface area (Å²) in [4.78, 5) is 0. The van der Waals surface area contributed by atoms with E-state index in [1.54, 1.807) is 19.1 Å². The third-order valence-electron chi connectivity index (χ3n) is 4.61. The number of halogens is 9. The lowest BCUT2D eigenvalue weighted by atomic mass is 10.1. The molecule has 1 aliphatic rings. The molecule has 0 aromatic heterocycles. The van der Waals surface area contributed by atoms with E-state index in [9.17, 15) is 39.5 Å². The first kappa shape index (κ1) is 24.9. The van der Waals surface area contributed by atoms with Crippen molar-refractivity contribution in [3.63, 3.8) is 0 Å². The summed E-state index contributed by atoms with van der Waals surface area (Å²) < 4.78 is 137. The lowest BCUT2D eigenvalue weighted by Gasteiger charge is -2.29. The smallest absolute Gasteiger partial charge is 0.429 e. The molecule has 0 N–H and O–H groups in total. The van der Waals surface area contributed by atoms with Gasteiger partial charge in [0.15, 0.2) is 17.9 Å². The molecule has 1 saturated heterocycles. The van der Waals surface area contributed by atoms with Gasteiger partial charge in [0.2, 0.25) is 0 Å². The van der Waals surface area contributed by atoms with Gasteiger partial charge in [-0.1, -0.05) is 18.2 Å². The molecular weight excluding hydrogens is 471 g/mol. The molecule has 0 spiro atoms. The van der Waals surface area contributed by atoms with E-state index in [1.165, 1.54) is 0 Å². The zero-order chi connectivity index (χ0) is 24.6. The van der Waals surface area contributed by atoms with Crippen molar-refractivity contribution in [2.75, 3.05) is 13.2 Å². The monoisotopic (exact) mass is 486 g/mol. The molecule has 0 saturated carbocycles. The average Bonchev–Trinajstić information content (AvgIpc) is 2.69. The molecule has 3 rings (SSSR count). The van der Waals surface area contributed by atoms with Crippen molar-refractivity contribution >= 4 is 0 Å². The van der Waals surface area contributed by atoms with Gasteiger partial charge in [0.25, 0.3) is 0 Å². The number of hydrogen-bond acceptors (Lipinski definition) is 3. The van der Waals surface area contributed by atoms with E-state index in [2.05, 4.69) is 4.74 Å². The summed E-state index contributed by atoms with van der Waals surface area (Å²) in [6.07, 6.45) is -8.00. The number of rotatable bonds is 5. The standard InChI is InChI=1S/C21H15F9O3/c1-2-3-10-8-31-19(32-9-10)12-4-5-13(18(25)17(12)24)21(29,30)33-11-6-14(22)16(15(23)7-11)20(26,27)28/h2-7,10,19H,8-9H2,1H3/b3-2+. The molecule has 1 fully saturated rings. The Morgan fingerprint density at radius 1 is 0.909 bits per heavy atom. The fourth-order valence-corrected chi connectivity index (χ4v) is 3.13. The molecule has 2 aromatic carbocycles. The largest absolute Gasteiger partial charge is 0.429 e. The quantitative estimate of drug-likeness (QED) is 0.351. The highest BCUT2D eigenvalue weighted by molar-refractivity contribution is 5.34. The first-order valence-electron chi connectivity index (χ1n) is 9.32. The van der Waals surface area contributed by atoms with Crippen molar-refractivity contribution in [2.45, 2.75) is 25.5 Å². The fourth-order valence-electron chi connectivity index (χ4n) is 3.13. The van der Waals surface area contributed by atoms with Crippen LogP contribution in [-0.2, 0) is 21.8 Å². The van der Waals surface area contributed by atoms with Crippen LogP contribution in [0.1, 0.15) is 29.9 Å². The number of allylic oxidation sites excluding steroid dienone is 1. The summed E-state index contributed by atoms with van der Waals surface area (Å²) in [7, 11) is 0. The Hall–Kier alpha value is -2.73. The minimum atomic E-state index is -5.43. The third-order valence-corrected chi connectivity index (χ3v) is 4.61. The Labute approximate surface area is 181 Å². The molecule has 0 amide bonds. The Bertz CT molecular complexity index is 1020. The van der Waals surface area contributed by atoms with E-state index in [0.717, 1.165) is 6.07 Å². The summed E-state index contributed by atoms with van der Waals surface area (Å²) in [6.45, 7) is 1.96. The van der Waals surface area contributed by atoms with E-state index >= 15 is 0 Å². The molecule has 180 valence electrons. The topological polar surface area (TPSA) is 27.7 Å². The molecule has 1 aliphatic heterocycles.